The minimum Gasteiger partial charge on any atom is -0.333 e. The van der Waals surface area contributed by atoms with Crippen LogP contribution in [0.3, 0.4) is 0 Å². The van der Waals surface area contributed by atoms with Gasteiger partial charge in [-0.3, -0.25) is 0 Å². The highest BCUT2D eigenvalue weighted by Crippen LogP contribution is 2.50. The average molecular weight is 605 g/mol. The number of benzene rings is 6. The van der Waals surface area contributed by atoms with Gasteiger partial charge in [-0.05, 0) is 82.3 Å². The van der Waals surface area contributed by atoms with Gasteiger partial charge in [0.1, 0.15) is 0 Å². The second-order valence-electron chi connectivity index (χ2n) is 13.3. The molecule has 0 radical (unpaired) electrons. The molecule has 1 heterocycles. The molecule has 0 aliphatic heterocycles. The largest absolute Gasteiger partial charge is 0.333 e. The van der Waals surface area contributed by atoms with Gasteiger partial charge < -0.3 is 9.47 Å². The first-order chi connectivity index (χ1) is 23.1. The third kappa shape index (κ3) is 4.40. The first-order valence-electron chi connectivity index (χ1n) is 16.6. The van der Waals surface area contributed by atoms with Crippen LogP contribution in [-0.2, 0) is 5.41 Å². The summed E-state index contributed by atoms with van der Waals surface area (Å²) in [7, 11) is 0. The number of hydrogen-bond acceptors (Lipinski definition) is 1. The van der Waals surface area contributed by atoms with E-state index in [1.165, 1.54) is 66.6 Å². The van der Waals surface area contributed by atoms with Crippen molar-refractivity contribution in [2.75, 3.05) is 4.90 Å². The van der Waals surface area contributed by atoms with Gasteiger partial charge in [0.15, 0.2) is 0 Å². The number of para-hydroxylation sites is 2. The molecule has 0 fully saturated rings. The molecule has 1 atom stereocenters. The lowest BCUT2D eigenvalue weighted by molar-refractivity contribution is 0.643. The molecule has 0 amide bonds. The van der Waals surface area contributed by atoms with Crippen molar-refractivity contribution in [2.45, 2.75) is 31.7 Å². The number of nitrogens with zero attached hydrogens (tertiary/aromatic N) is 2. The number of anilines is 2. The molecule has 1 aromatic heterocycles. The number of allylic oxidation sites excluding steroid dienone is 3. The van der Waals surface area contributed by atoms with Gasteiger partial charge in [0.05, 0.1) is 6.04 Å². The molecule has 47 heavy (non-hydrogen) atoms. The average Bonchev–Trinajstić information content (AvgIpc) is 3.58. The molecule has 6 aromatic carbocycles. The fourth-order valence-electron chi connectivity index (χ4n) is 7.99. The summed E-state index contributed by atoms with van der Waals surface area (Å²) < 4.78 is 2.52. The van der Waals surface area contributed by atoms with Gasteiger partial charge in [-0.1, -0.05) is 135 Å². The van der Waals surface area contributed by atoms with E-state index in [0.29, 0.717) is 0 Å². The predicted molar refractivity (Wildman–Crippen MR) is 198 cm³/mol. The van der Waals surface area contributed by atoms with E-state index >= 15 is 0 Å². The molecule has 2 aliphatic rings. The lowest BCUT2D eigenvalue weighted by Crippen LogP contribution is -2.19. The third-order valence-electron chi connectivity index (χ3n) is 10.3. The maximum atomic E-state index is 2.52. The Morgan fingerprint density at radius 3 is 1.87 bits per heavy atom. The van der Waals surface area contributed by atoms with E-state index in [2.05, 4.69) is 187 Å². The molecule has 1 unspecified atom stereocenters. The third-order valence-corrected chi connectivity index (χ3v) is 10.3. The van der Waals surface area contributed by atoms with E-state index in [0.717, 1.165) is 12.1 Å². The van der Waals surface area contributed by atoms with Gasteiger partial charge >= 0.3 is 0 Å². The normalized spacial score (nSPS) is 16.2. The summed E-state index contributed by atoms with van der Waals surface area (Å²) in [5.41, 5.74) is 14.0. The lowest BCUT2D eigenvalue weighted by atomic mass is 9.82. The molecule has 0 saturated carbocycles. The highest BCUT2D eigenvalue weighted by Gasteiger charge is 2.35. The van der Waals surface area contributed by atoms with Crippen LogP contribution >= 0.6 is 0 Å². The Morgan fingerprint density at radius 2 is 1.17 bits per heavy atom. The minimum atomic E-state index is -0.0217. The first-order valence-corrected chi connectivity index (χ1v) is 16.6. The standard InChI is InChI=1S/C45H36N2/c1-45(2)41-17-9-6-14-37(41)40-30-36(28-29-42(40)45)46(33-22-20-32(21-23-33)31-12-4-3-5-13-31)34-24-26-35(27-25-34)47-43-18-10-7-15-38(43)39-16-8-11-19-44(39)47/h3-26,28-30,35H,27H2,1-2H3. The monoisotopic (exact) mass is 604 g/mol. The van der Waals surface area contributed by atoms with E-state index < -0.39 is 0 Å². The van der Waals surface area contributed by atoms with Crippen molar-refractivity contribution in [2.24, 2.45) is 0 Å². The molecule has 0 spiro atoms. The van der Waals surface area contributed by atoms with Crippen molar-refractivity contribution in [3.05, 3.63) is 181 Å². The van der Waals surface area contributed by atoms with Crippen LogP contribution in [0.1, 0.15) is 37.4 Å². The van der Waals surface area contributed by atoms with Crippen LogP contribution in [0.15, 0.2) is 170 Å². The van der Waals surface area contributed by atoms with Crippen molar-refractivity contribution in [1.29, 1.82) is 0 Å². The van der Waals surface area contributed by atoms with Crippen LogP contribution in [0.2, 0.25) is 0 Å². The van der Waals surface area contributed by atoms with Crippen molar-refractivity contribution < 1.29 is 0 Å². The number of rotatable bonds is 5. The van der Waals surface area contributed by atoms with E-state index in [9.17, 15) is 0 Å². The fraction of sp³-hybridized carbons (Fsp3) is 0.111. The smallest absolute Gasteiger partial charge is 0.0561 e. The highest BCUT2D eigenvalue weighted by atomic mass is 15.1. The molecule has 2 nitrogen and oxygen atoms in total. The molecule has 0 bridgehead atoms. The van der Waals surface area contributed by atoms with Gasteiger partial charge in [-0.15, -0.1) is 0 Å². The molecule has 7 aromatic rings. The topological polar surface area (TPSA) is 8.17 Å². The highest BCUT2D eigenvalue weighted by molar-refractivity contribution is 6.08. The molecular weight excluding hydrogens is 569 g/mol. The lowest BCUT2D eigenvalue weighted by Gasteiger charge is -2.30. The van der Waals surface area contributed by atoms with Gasteiger partial charge in [0, 0.05) is 44.3 Å². The quantitative estimate of drug-likeness (QED) is 0.190. The fourth-order valence-corrected chi connectivity index (χ4v) is 7.99. The first kappa shape index (κ1) is 27.7. The summed E-state index contributed by atoms with van der Waals surface area (Å²) in [5, 5.41) is 2.63. The zero-order valence-corrected chi connectivity index (χ0v) is 26.8. The number of fused-ring (bicyclic) bond motifs is 6. The Labute approximate surface area is 276 Å². The molecular formula is C45H36N2. The Morgan fingerprint density at radius 1 is 0.574 bits per heavy atom. The van der Waals surface area contributed by atoms with Crippen LogP contribution < -0.4 is 4.90 Å². The Kier molecular flexibility index (Phi) is 6.33. The second kappa shape index (κ2) is 10.7. The maximum absolute atomic E-state index is 2.52. The summed E-state index contributed by atoms with van der Waals surface area (Å²) in [5.74, 6) is 0. The summed E-state index contributed by atoms with van der Waals surface area (Å²) in [4.78, 5) is 2.43. The van der Waals surface area contributed by atoms with Crippen molar-refractivity contribution >= 4 is 33.2 Å². The Balaban J connectivity index is 1.14. The summed E-state index contributed by atoms with van der Waals surface area (Å²) in [6.45, 7) is 4.69. The Hall–Kier alpha value is -5.60. The second-order valence-corrected chi connectivity index (χ2v) is 13.3. The Bertz CT molecular complexity index is 2300. The zero-order valence-electron chi connectivity index (χ0n) is 26.8. The molecule has 2 heteroatoms. The molecule has 0 saturated heterocycles. The summed E-state index contributed by atoms with van der Waals surface area (Å²) in [6.07, 6.45) is 8.05. The van der Waals surface area contributed by atoms with E-state index in [1.54, 1.807) is 0 Å². The minimum absolute atomic E-state index is 0.0217. The SMILES string of the molecule is CC1(C)c2ccccc2-c2cc(N(C3=CCC(n4c5ccccc5c5ccccc54)C=C3)c3ccc(-c4ccccc4)cc3)ccc21. The van der Waals surface area contributed by atoms with Gasteiger partial charge in [-0.25, -0.2) is 0 Å². The van der Waals surface area contributed by atoms with Gasteiger partial charge in [0.2, 0.25) is 0 Å². The van der Waals surface area contributed by atoms with Gasteiger partial charge in [0.25, 0.3) is 0 Å². The van der Waals surface area contributed by atoms with Crippen LogP contribution in [0.25, 0.3) is 44.1 Å². The van der Waals surface area contributed by atoms with E-state index in [4.69, 9.17) is 0 Å². The van der Waals surface area contributed by atoms with Crippen LogP contribution in [0.4, 0.5) is 11.4 Å². The van der Waals surface area contributed by atoms with E-state index in [-0.39, 0.29) is 11.5 Å². The molecule has 0 N–H and O–H groups in total. The van der Waals surface area contributed by atoms with Gasteiger partial charge in [-0.2, -0.15) is 0 Å². The van der Waals surface area contributed by atoms with Crippen LogP contribution in [0.5, 0.6) is 0 Å². The molecule has 9 rings (SSSR count). The summed E-state index contributed by atoms with van der Waals surface area (Å²) in [6, 6.07) is 53.4. The van der Waals surface area contributed by atoms with E-state index in [1.807, 2.05) is 0 Å². The summed E-state index contributed by atoms with van der Waals surface area (Å²) >= 11 is 0. The zero-order chi connectivity index (χ0) is 31.5. The molecule has 226 valence electrons. The van der Waals surface area contributed by atoms with Crippen molar-refractivity contribution in [3.63, 3.8) is 0 Å². The molecule has 2 aliphatic carbocycles. The number of hydrogen-bond donors (Lipinski definition) is 0. The van der Waals surface area contributed by atoms with Crippen LogP contribution in [0, 0.1) is 0 Å². The predicted octanol–water partition coefficient (Wildman–Crippen LogP) is 12.0. The van der Waals surface area contributed by atoms with Crippen molar-refractivity contribution in [3.8, 4) is 22.3 Å². The number of aromatic nitrogens is 1. The van der Waals surface area contributed by atoms with Crippen LogP contribution in [-0.4, -0.2) is 4.57 Å². The van der Waals surface area contributed by atoms with Crippen molar-refractivity contribution in [1.82, 2.24) is 4.57 Å². The maximum Gasteiger partial charge on any atom is 0.0561 e.